The molecule has 4 heteroatoms. The van der Waals surface area contributed by atoms with Crippen molar-refractivity contribution in [3.8, 4) is 0 Å². The van der Waals surface area contributed by atoms with E-state index in [2.05, 4.69) is 94.1 Å². The van der Waals surface area contributed by atoms with Gasteiger partial charge in [0, 0.05) is 10.8 Å². The molecule has 0 bridgehead atoms. The number of benzene rings is 3. The molecule has 0 aliphatic heterocycles. The fourth-order valence-corrected chi connectivity index (χ4v) is 4.49. The molecule has 0 N–H and O–H groups in total. The zero-order chi connectivity index (χ0) is 19.1. The molecule has 1 atom stereocenters. The molecule has 1 unspecified atom stereocenters. The quantitative estimate of drug-likeness (QED) is 0.384. The second-order valence-electron chi connectivity index (χ2n) is 7.68. The number of fused-ring (bicyclic) bond motifs is 4. The maximum absolute atomic E-state index is 4.64. The molecule has 0 saturated heterocycles. The van der Waals surface area contributed by atoms with Gasteiger partial charge >= 0.3 is 0 Å². The van der Waals surface area contributed by atoms with E-state index in [1.165, 1.54) is 21.8 Å². The molecule has 0 radical (unpaired) electrons. The maximum Gasteiger partial charge on any atom is 0.137 e. The fraction of sp³-hybridized carbons (Fsp3) is 0.250. The minimum absolute atomic E-state index is 0.352. The first-order valence-corrected chi connectivity index (χ1v) is 10.0. The zero-order valence-corrected chi connectivity index (χ0v) is 16.3. The normalized spacial score (nSPS) is 14.1. The summed E-state index contributed by atoms with van der Waals surface area (Å²) >= 11 is 0. The molecule has 5 aromatic rings. The van der Waals surface area contributed by atoms with E-state index in [0.29, 0.717) is 0 Å². The van der Waals surface area contributed by atoms with E-state index in [-0.39, 0.29) is 5.66 Å². The van der Waals surface area contributed by atoms with Gasteiger partial charge in [0.15, 0.2) is 0 Å². The van der Waals surface area contributed by atoms with Gasteiger partial charge in [-0.3, -0.25) is 0 Å². The van der Waals surface area contributed by atoms with Gasteiger partial charge in [0.1, 0.15) is 11.2 Å². The standard InChI is InChI=1S/C24H24N4/c1-3-4-17-24(2,28-23-16-10-7-13-20(23)25-26-28)27-21-14-8-5-11-18(21)19-12-6-9-15-22(19)27/h5-16H,3-4,17H2,1-2H3. The fourth-order valence-electron chi connectivity index (χ4n) is 4.49. The summed E-state index contributed by atoms with van der Waals surface area (Å²) in [6, 6.07) is 25.6. The van der Waals surface area contributed by atoms with E-state index in [1.807, 2.05) is 12.1 Å². The Balaban J connectivity index is 1.89. The third-order valence-electron chi connectivity index (χ3n) is 5.87. The van der Waals surface area contributed by atoms with Crippen LogP contribution in [0.2, 0.25) is 0 Å². The SMILES string of the molecule is CCCCC(C)(n1nnc2ccccc21)n1c2ccccc2c2ccccc21. The third kappa shape index (κ3) is 2.37. The monoisotopic (exact) mass is 368 g/mol. The Bertz CT molecular complexity index is 1230. The molecular weight excluding hydrogens is 344 g/mol. The van der Waals surface area contributed by atoms with E-state index in [1.54, 1.807) is 0 Å². The minimum atomic E-state index is -0.352. The van der Waals surface area contributed by atoms with Crippen molar-refractivity contribution in [2.45, 2.75) is 38.8 Å². The predicted molar refractivity (Wildman–Crippen MR) is 116 cm³/mol. The van der Waals surface area contributed by atoms with Crippen molar-refractivity contribution in [2.24, 2.45) is 0 Å². The average Bonchev–Trinajstić information content (AvgIpc) is 3.32. The highest BCUT2D eigenvalue weighted by molar-refractivity contribution is 6.08. The third-order valence-corrected chi connectivity index (χ3v) is 5.87. The molecule has 28 heavy (non-hydrogen) atoms. The van der Waals surface area contributed by atoms with E-state index in [9.17, 15) is 0 Å². The summed E-state index contributed by atoms with van der Waals surface area (Å²) in [5, 5.41) is 11.7. The number of hydrogen-bond acceptors (Lipinski definition) is 2. The van der Waals surface area contributed by atoms with Crippen LogP contribution in [0.25, 0.3) is 32.8 Å². The summed E-state index contributed by atoms with van der Waals surface area (Å²) in [5.41, 5.74) is 4.13. The number of nitrogens with zero attached hydrogens (tertiary/aromatic N) is 4. The molecule has 140 valence electrons. The Labute approximate surface area is 164 Å². The van der Waals surface area contributed by atoms with Crippen LogP contribution in [-0.4, -0.2) is 19.6 Å². The van der Waals surface area contributed by atoms with Gasteiger partial charge in [0.05, 0.1) is 16.6 Å². The lowest BCUT2D eigenvalue weighted by Crippen LogP contribution is -2.39. The van der Waals surface area contributed by atoms with Crippen molar-refractivity contribution in [1.82, 2.24) is 19.6 Å². The van der Waals surface area contributed by atoms with Gasteiger partial charge in [0.2, 0.25) is 0 Å². The lowest BCUT2D eigenvalue weighted by molar-refractivity contribution is 0.224. The first-order valence-electron chi connectivity index (χ1n) is 10.0. The molecular formula is C24H24N4. The van der Waals surface area contributed by atoms with E-state index in [4.69, 9.17) is 0 Å². The lowest BCUT2D eigenvalue weighted by atomic mass is 10.0. The van der Waals surface area contributed by atoms with Gasteiger partial charge in [-0.2, -0.15) is 0 Å². The Kier molecular flexibility index (Phi) is 3.93. The average molecular weight is 368 g/mol. The Hall–Kier alpha value is -3.14. The number of hydrogen-bond donors (Lipinski definition) is 0. The largest absolute Gasteiger partial charge is 0.315 e. The van der Waals surface area contributed by atoms with Crippen molar-refractivity contribution < 1.29 is 0 Å². The molecule has 0 saturated carbocycles. The van der Waals surface area contributed by atoms with Crippen LogP contribution in [0.3, 0.4) is 0 Å². The number of unbranched alkanes of at least 4 members (excludes halogenated alkanes) is 1. The first kappa shape index (κ1) is 17.0. The van der Waals surface area contributed by atoms with E-state index >= 15 is 0 Å². The summed E-state index contributed by atoms with van der Waals surface area (Å²) in [7, 11) is 0. The number of rotatable bonds is 5. The Morgan fingerprint density at radius 2 is 1.36 bits per heavy atom. The van der Waals surface area contributed by atoms with Crippen molar-refractivity contribution in [3.05, 3.63) is 72.8 Å². The molecule has 0 amide bonds. The molecule has 0 spiro atoms. The summed E-state index contributed by atoms with van der Waals surface area (Å²) in [6.45, 7) is 4.54. The van der Waals surface area contributed by atoms with Crippen LogP contribution in [0.4, 0.5) is 0 Å². The predicted octanol–water partition coefficient (Wildman–Crippen LogP) is 5.95. The van der Waals surface area contributed by atoms with Crippen LogP contribution in [0.1, 0.15) is 33.1 Å². The molecule has 0 aliphatic carbocycles. The molecule has 0 fully saturated rings. The Morgan fingerprint density at radius 1 is 0.786 bits per heavy atom. The lowest BCUT2D eigenvalue weighted by Gasteiger charge is -2.34. The van der Waals surface area contributed by atoms with Gasteiger partial charge in [-0.05, 0) is 44.0 Å². The van der Waals surface area contributed by atoms with Crippen LogP contribution >= 0.6 is 0 Å². The Morgan fingerprint density at radius 3 is 2.00 bits per heavy atom. The van der Waals surface area contributed by atoms with Crippen LogP contribution < -0.4 is 0 Å². The molecule has 4 nitrogen and oxygen atoms in total. The van der Waals surface area contributed by atoms with Crippen LogP contribution in [0, 0.1) is 0 Å². The van der Waals surface area contributed by atoms with E-state index in [0.717, 1.165) is 30.3 Å². The summed E-state index contributed by atoms with van der Waals surface area (Å²) in [4.78, 5) is 0. The first-order chi connectivity index (χ1) is 13.7. The van der Waals surface area contributed by atoms with Crippen molar-refractivity contribution >= 4 is 32.8 Å². The summed E-state index contributed by atoms with van der Waals surface area (Å²) in [6.07, 6.45) is 3.24. The van der Waals surface area contributed by atoms with E-state index < -0.39 is 0 Å². The smallest absolute Gasteiger partial charge is 0.137 e. The maximum atomic E-state index is 4.64. The minimum Gasteiger partial charge on any atom is -0.315 e. The molecule has 2 heterocycles. The summed E-state index contributed by atoms with van der Waals surface area (Å²) < 4.78 is 4.59. The number of para-hydroxylation sites is 3. The van der Waals surface area contributed by atoms with Gasteiger partial charge in [-0.25, -0.2) is 4.68 Å². The van der Waals surface area contributed by atoms with Crippen molar-refractivity contribution in [2.75, 3.05) is 0 Å². The second kappa shape index (κ2) is 6.48. The highest BCUT2D eigenvalue weighted by Gasteiger charge is 2.33. The van der Waals surface area contributed by atoms with Crippen LogP contribution in [0.15, 0.2) is 72.8 Å². The molecule has 2 aromatic heterocycles. The molecule has 5 rings (SSSR count). The second-order valence-corrected chi connectivity index (χ2v) is 7.68. The van der Waals surface area contributed by atoms with Gasteiger partial charge < -0.3 is 4.57 Å². The van der Waals surface area contributed by atoms with Crippen molar-refractivity contribution in [1.29, 1.82) is 0 Å². The van der Waals surface area contributed by atoms with Gasteiger partial charge in [0.25, 0.3) is 0 Å². The van der Waals surface area contributed by atoms with Crippen molar-refractivity contribution in [3.63, 3.8) is 0 Å². The number of aromatic nitrogens is 4. The zero-order valence-electron chi connectivity index (χ0n) is 16.3. The van der Waals surface area contributed by atoms with Crippen LogP contribution in [-0.2, 0) is 5.66 Å². The highest BCUT2D eigenvalue weighted by Crippen LogP contribution is 2.38. The molecule has 3 aromatic carbocycles. The van der Waals surface area contributed by atoms with Gasteiger partial charge in [-0.1, -0.05) is 67.1 Å². The topological polar surface area (TPSA) is 35.6 Å². The van der Waals surface area contributed by atoms with Gasteiger partial charge in [-0.15, -0.1) is 5.10 Å². The summed E-state index contributed by atoms with van der Waals surface area (Å²) in [5.74, 6) is 0. The van der Waals surface area contributed by atoms with Crippen LogP contribution in [0.5, 0.6) is 0 Å². The molecule has 0 aliphatic rings. The highest BCUT2D eigenvalue weighted by atomic mass is 15.5.